The van der Waals surface area contributed by atoms with Crippen LogP contribution in [0.1, 0.15) is 18.2 Å². The molecular weight excluding hydrogens is 254 g/mol. The van der Waals surface area contributed by atoms with E-state index in [9.17, 15) is 0 Å². The first kappa shape index (κ1) is 12.4. The first-order chi connectivity index (χ1) is 9.33. The summed E-state index contributed by atoms with van der Waals surface area (Å²) < 4.78 is 2.19. The fourth-order valence-corrected chi connectivity index (χ4v) is 3.13. The molecule has 0 saturated heterocycles. The van der Waals surface area contributed by atoms with Gasteiger partial charge in [-0.3, -0.25) is 4.40 Å². The maximum Gasteiger partial charge on any atom is 0.194 e. The second-order valence-electron chi connectivity index (χ2n) is 4.55. The minimum atomic E-state index is 0.694. The highest BCUT2D eigenvalue weighted by molar-refractivity contribution is 7.15. The average molecular weight is 271 g/mol. The Bertz CT molecular complexity index is 679. The van der Waals surface area contributed by atoms with E-state index in [2.05, 4.69) is 47.2 Å². The van der Waals surface area contributed by atoms with E-state index in [1.165, 1.54) is 16.8 Å². The van der Waals surface area contributed by atoms with Gasteiger partial charge in [0.2, 0.25) is 0 Å². The van der Waals surface area contributed by atoms with Gasteiger partial charge in [0.05, 0.1) is 11.4 Å². The van der Waals surface area contributed by atoms with Crippen LogP contribution in [0.25, 0.3) is 16.2 Å². The van der Waals surface area contributed by atoms with E-state index in [-0.39, 0.29) is 0 Å². The van der Waals surface area contributed by atoms with Crippen LogP contribution in [-0.2, 0) is 12.8 Å². The lowest BCUT2D eigenvalue weighted by molar-refractivity contribution is 0.968. The average Bonchev–Trinajstić information content (AvgIpc) is 3.00. The third-order valence-electron chi connectivity index (χ3n) is 3.36. The topological polar surface area (TPSA) is 43.3 Å². The Morgan fingerprint density at radius 2 is 2.05 bits per heavy atom. The summed E-state index contributed by atoms with van der Waals surface area (Å²) in [6.45, 7) is 2.87. The lowest BCUT2D eigenvalue weighted by Gasteiger charge is -2.03. The molecule has 0 atom stereocenters. The molecule has 0 saturated carbocycles. The Morgan fingerprint density at radius 3 is 2.74 bits per heavy atom. The van der Waals surface area contributed by atoms with E-state index >= 15 is 0 Å². The van der Waals surface area contributed by atoms with Gasteiger partial charge in [0.25, 0.3) is 0 Å². The summed E-state index contributed by atoms with van der Waals surface area (Å²) in [6, 6.07) is 8.59. The third-order valence-corrected chi connectivity index (χ3v) is 4.11. The van der Waals surface area contributed by atoms with Crippen molar-refractivity contribution in [2.24, 2.45) is 5.73 Å². The number of hydrogen-bond acceptors (Lipinski definition) is 3. The summed E-state index contributed by atoms with van der Waals surface area (Å²) in [5.41, 5.74) is 10.4. The van der Waals surface area contributed by atoms with Gasteiger partial charge in [0, 0.05) is 17.1 Å². The zero-order valence-electron chi connectivity index (χ0n) is 11.0. The number of aromatic nitrogens is 2. The number of fused-ring (bicyclic) bond motifs is 1. The van der Waals surface area contributed by atoms with Crippen LogP contribution in [0.5, 0.6) is 0 Å². The molecule has 3 aromatic rings. The van der Waals surface area contributed by atoms with Crippen LogP contribution >= 0.6 is 11.3 Å². The van der Waals surface area contributed by atoms with Crippen molar-refractivity contribution in [2.45, 2.75) is 19.8 Å². The molecule has 3 rings (SSSR count). The normalized spacial score (nSPS) is 11.3. The summed E-state index contributed by atoms with van der Waals surface area (Å²) in [5.74, 6) is 0. The number of imidazole rings is 1. The predicted molar refractivity (Wildman–Crippen MR) is 80.6 cm³/mol. The number of aryl methyl sites for hydroxylation is 1. The smallest absolute Gasteiger partial charge is 0.194 e. The van der Waals surface area contributed by atoms with Crippen molar-refractivity contribution in [3.05, 3.63) is 47.1 Å². The molecule has 2 heterocycles. The van der Waals surface area contributed by atoms with Gasteiger partial charge in [-0.05, 0) is 24.9 Å². The Balaban J connectivity index is 2.05. The number of rotatable bonds is 4. The molecular formula is C15H17N3S. The lowest BCUT2D eigenvalue weighted by atomic mass is 10.1. The molecule has 4 heteroatoms. The second kappa shape index (κ2) is 5.15. The summed E-state index contributed by atoms with van der Waals surface area (Å²) in [4.78, 5) is 5.81. The van der Waals surface area contributed by atoms with E-state index in [1.54, 1.807) is 11.3 Å². The van der Waals surface area contributed by atoms with Crippen molar-refractivity contribution in [2.75, 3.05) is 6.54 Å². The number of thiazole rings is 1. The monoisotopic (exact) mass is 271 g/mol. The van der Waals surface area contributed by atoms with Crippen LogP contribution in [0, 0.1) is 0 Å². The zero-order valence-corrected chi connectivity index (χ0v) is 11.8. The maximum atomic E-state index is 5.58. The third kappa shape index (κ3) is 2.17. The minimum absolute atomic E-state index is 0.694. The molecule has 1 aromatic carbocycles. The van der Waals surface area contributed by atoms with Crippen molar-refractivity contribution in [3.63, 3.8) is 0 Å². The van der Waals surface area contributed by atoms with Gasteiger partial charge >= 0.3 is 0 Å². The molecule has 0 bridgehead atoms. The zero-order chi connectivity index (χ0) is 13.2. The minimum Gasteiger partial charge on any atom is -0.330 e. The van der Waals surface area contributed by atoms with E-state index in [0.29, 0.717) is 6.54 Å². The van der Waals surface area contributed by atoms with E-state index in [4.69, 9.17) is 10.7 Å². The molecule has 2 aromatic heterocycles. The molecule has 98 valence electrons. The highest BCUT2D eigenvalue weighted by atomic mass is 32.1. The molecule has 0 spiro atoms. The Labute approximate surface area is 116 Å². The lowest BCUT2D eigenvalue weighted by Crippen LogP contribution is -2.02. The summed E-state index contributed by atoms with van der Waals surface area (Å²) in [5, 5.41) is 2.08. The Hall–Kier alpha value is -1.65. The fraction of sp³-hybridized carbons (Fsp3) is 0.267. The molecule has 0 amide bonds. The largest absolute Gasteiger partial charge is 0.330 e. The van der Waals surface area contributed by atoms with Gasteiger partial charge in [0.1, 0.15) is 0 Å². The molecule has 0 fully saturated rings. The second-order valence-corrected chi connectivity index (χ2v) is 5.42. The van der Waals surface area contributed by atoms with Crippen molar-refractivity contribution in [3.8, 4) is 11.3 Å². The molecule has 0 aliphatic heterocycles. The number of benzene rings is 1. The standard InChI is InChI=1S/C15H17N3S/c1-2-13-14(17-15-18(13)9-10-19-15)12-5-3-11(4-6-12)7-8-16/h3-6,9-10H,2,7-8,16H2,1H3. The van der Waals surface area contributed by atoms with Crippen LogP contribution in [0.3, 0.4) is 0 Å². The van der Waals surface area contributed by atoms with Crippen molar-refractivity contribution in [1.82, 2.24) is 9.38 Å². The van der Waals surface area contributed by atoms with E-state index < -0.39 is 0 Å². The first-order valence-corrected chi connectivity index (χ1v) is 7.45. The number of hydrogen-bond donors (Lipinski definition) is 1. The van der Waals surface area contributed by atoms with Crippen LogP contribution in [0.4, 0.5) is 0 Å². The van der Waals surface area contributed by atoms with Gasteiger partial charge in [-0.2, -0.15) is 0 Å². The van der Waals surface area contributed by atoms with Crippen LogP contribution in [0.2, 0.25) is 0 Å². The Kier molecular flexibility index (Phi) is 3.36. The summed E-state index contributed by atoms with van der Waals surface area (Å²) in [7, 11) is 0. The van der Waals surface area contributed by atoms with E-state index in [0.717, 1.165) is 23.5 Å². The van der Waals surface area contributed by atoms with Gasteiger partial charge in [0.15, 0.2) is 4.96 Å². The van der Waals surface area contributed by atoms with Gasteiger partial charge in [-0.1, -0.05) is 31.2 Å². The maximum absolute atomic E-state index is 5.58. The predicted octanol–water partition coefficient (Wildman–Crippen LogP) is 3.13. The van der Waals surface area contributed by atoms with Crippen LogP contribution in [-0.4, -0.2) is 15.9 Å². The van der Waals surface area contributed by atoms with E-state index in [1.807, 2.05) is 0 Å². The molecule has 0 radical (unpaired) electrons. The van der Waals surface area contributed by atoms with Crippen LogP contribution < -0.4 is 5.73 Å². The molecule has 3 nitrogen and oxygen atoms in total. The number of nitrogens with two attached hydrogens (primary N) is 1. The highest BCUT2D eigenvalue weighted by Crippen LogP contribution is 2.27. The van der Waals surface area contributed by atoms with Crippen molar-refractivity contribution >= 4 is 16.3 Å². The summed E-state index contributed by atoms with van der Waals surface area (Å²) in [6.07, 6.45) is 4.01. The number of nitrogens with zero attached hydrogens (tertiary/aromatic N) is 2. The molecule has 19 heavy (non-hydrogen) atoms. The SMILES string of the molecule is CCc1c(-c2ccc(CCN)cc2)nc2sccn12. The molecule has 0 aliphatic carbocycles. The van der Waals surface area contributed by atoms with Gasteiger partial charge in [-0.15, -0.1) is 11.3 Å². The fourth-order valence-electron chi connectivity index (χ4n) is 2.40. The molecule has 0 unspecified atom stereocenters. The van der Waals surface area contributed by atoms with Crippen LogP contribution in [0.15, 0.2) is 35.8 Å². The highest BCUT2D eigenvalue weighted by Gasteiger charge is 2.12. The first-order valence-electron chi connectivity index (χ1n) is 6.57. The van der Waals surface area contributed by atoms with Crippen molar-refractivity contribution < 1.29 is 0 Å². The van der Waals surface area contributed by atoms with Gasteiger partial charge < -0.3 is 5.73 Å². The molecule has 2 N–H and O–H groups in total. The van der Waals surface area contributed by atoms with Gasteiger partial charge in [-0.25, -0.2) is 4.98 Å². The molecule has 0 aliphatic rings. The Morgan fingerprint density at radius 1 is 1.26 bits per heavy atom. The van der Waals surface area contributed by atoms with Crippen molar-refractivity contribution in [1.29, 1.82) is 0 Å². The summed E-state index contributed by atoms with van der Waals surface area (Å²) >= 11 is 1.68. The quantitative estimate of drug-likeness (QED) is 0.792.